The first kappa shape index (κ1) is 48.8. The van der Waals surface area contributed by atoms with Crippen LogP contribution in [-0.4, -0.2) is 154 Å². The van der Waals surface area contributed by atoms with E-state index in [4.69, 9.17) is 71.1 Å². The van der Waals surface area contributed by atoms with Gasteiger partial charge in [0.25, 0.3) is 0 Å². The Labute approximate surface area is 191 Å². The second kappa shape index (κ2) is 86.7. The Hall–Kier alpha value is -0.560. The Balaban J connectivity index is -0.0000000467. The van der Waals surface area contributed by atoms with Crippen LogP contribution >= 0.6 is 0 Å². The summed E-state index contributed by atoms with van der Waals surface area (Å²) in [5.74, 6) is 0. The van der Waals surface area contributed by atoms with Crippen molar-refractivity contribution in [1.29, 1.82) is 0 Å². The Morgan fingerprint density at radius 3 is 0.500 bits per heavy atom. The van der Waals surface area contributed by atoms with E-state index in [9.17, 15) is 0 Å². The van der Waals surface area contributed by atoms with Gasteiger partial charge in [-0.25, -0.2) is 9.78 Å². The molecule has 0 radical (unpaired) electrons. The SMILES string of the molecule is CCCOOCCC.OCCO.OCCO.OCCO.OCCO.OCCO.OCCO. The number of aliphatic hydroxyl groups excluding tert-OH is 12. The van der Waals surface area contributed by atoms with Crippen molar-refractivity contribution in [2.75, 3.05) is 92.5 Å². The lowest BCUT2D eigenvalue weighted by atomic mass is 10.5. The quantitative estimate of drug-likeness (QED) is 0.0741. The second-order valence-electron chi connectivity index (χ2n) is 4.33. The average molecular weight is 491 g/mol. The zero-order chi connectivity index (χ0) is 26.7. The summed E-state index contributed by atoms with van der Waals surface area (Å²) in [4.78, 5) is 9.45. The first-order chi connectivity index (χ1) is 15.4. The van der Waals surface area contributed by atoms with Crippen LogP contribution in [0.5, 0.6) is 0 Å². The Morgan fingerprint density at radius 2 is 0.438 bits per heavy atom. The number of rotatable bonds is 11. The molecular formula is C18H50O14. The lowest BCUT2D eigenvalue weighted by Crippen LogP contribution is -1.95. The highest BCUT2D eigenvalue weighted by Gasteiger charge is 1.81. The molecule has 0 fully saturated rings. The van der Waals surface area contributed by atoms with E-state index in [0.29, 0.717) is 13.2 Å². The molecule has 0 aliphatic carbocycles. The van der Waals surface area contributed by atoms with Crippen molar-refractivity contribution in [3.63, 3.8) is 0 Å². The van der Waals surface area contributed by atoms with E-state index >= 15 is 0 Å². The highest BCUT2D eigenvalue weighted by atomic mass is 17.2. The van der Waals surface area contributed by atoms with Crippen LogP contribution in [-0.2, 0) is 9.78 Å². The van der Waals surface area contributed by atoms with E-state index < -0.39 is 0 Å². The first-order valence-corrected chi connectivity index (χ1v) is 9.95. The van der Waals surface area contributed by atoms with Crippen LogP contribution < -0.4 is 0 Å². The summed E-state index contributed by atoms with van der Waals surface area (Å²) in [5, 5.41) is 91.5. The maximum absolute atomic E-state index is 7.62. The van der Waals surface area contributed by atoms with Crippen molar-refractivity contribution < 1.29 is 71.1 Å². The zero-order valence-electron chi connectivity index (χ0n) is 19.5. The molecule has 0 saturated heterocycles. The van der Waals surface area contributed by atoms with Crippen LogP contribution in [0.3, 0.4) is 0 Å². The van der Waals surface area contributed by atoms with Crippen molar-refractivity contribution in [1.82, 2.24) is 0 Å². The fourth-order valence-electron chi connectivity index (χ4n) is 0.285. The van der Waals surface area contributed by atoms with Crippen LogP contribution in [0.15, 0.2) is 0 Å². The van der Waals surface area contributed by atoms with E-state index in [0.717, 1.165) is 12.8 Å². The lowest BCUT2D eigenvalue weighted by molar-refractivity contribution is -0.294. The van der Waals surface area contributed by atoms with Gasteiger partial charge in [-0.1, -0.05) is 13.8 Å². The molecule has 0 bridgehead atoms. The molecule has 0 aliphatic rings. The van der Waals surface area contributed by atoms with Crippen LogP contribution in [0.25, 0.3) is 0 Å². The van der Waals surface area contributed by atoms with Crippen LogP contribution in [0.2, 0.25) is 0 Å². The minimum absolute atomic E-state index is 0.125. The standard InChI is InChI=1S/C6H14O2.6C2H6O2/c1-3-5-7-8-6-4-2;6*3-1-2-4/h3-6H2,1-2H3;6*3-4H,1-2H2. The maximum atomic E-state index is 7.62. The van der Waals surface area contributed by atoms with Gasteiger partial charge >= 0.3 is 0 Å². The van der Waals surface area contributed by atoms with Crippen molar-refractivity contribution in [3.8, 4) is 0 Å². The van der Waals surface area contributed by atoms with Gasteiger partial charge in [-0.3, -0.25) is 0 Å². The van der Waals surface area contributed by atoms with Gasteiger partial charge in [0.15, 0.2) is 0 Å². The molecular weight excluding hydrogens is 440 g/mol. The molecule has 0 saturated carbocycles. The molecule has 0 amide bonds. The molecule has 14 heteroatoms. The first-order valence-electron chi connectivity index (χ1n) is 9.95. The van der Waals surface area contributed by atoms with Gasteiger partial charge in [0.05, 0.1) is 92.5 Å². The largest absolute Gasteiger partial charge is 0.394 e. The topological polar surface area (TPSA) is 261 Å². The minimum atomic E-state index is -0.125. The van der Waals surface area contributed by atoms with Gasteiger partial charge in [0.2, 0.25) is 0 Å². The monoisotopic (exact) mass is 490 g/mol. The summed E-state index contributed by atoms with van der Waals surface area (Å²) < 4.78 is 0. The minimum Gasteiger partial charge on any atom is -0.394 e. The Bertz CT molecular complexity index is 133. The van der Waals surface area contributed by atoms with E-state index in [1.807, 2.05) is 0 Å². The van der Waals surface area contributed by atoms with Crippen LogP contribution in [0.4, 0.5) is 0 Å². The molecule has 14 nitrogen and oxygen atoms in total. The van der Waals surface area contributed by atoms with Crippen molar-refractivity contribution >= 4 is 0 Å². The predicted molar refractivity (Wildman–Crippen MR) is 118 cm³/mol. The summed E-state index contributed by atoms with van der Waals surface area (Å²) in [6, 6.07) is 0. The third-order valence-electron chi connectivity index (χ3n) is 1.26. The number of hydrogen-bond donors (Lipinski definition) is 12. The molecule has 0 aromatic carbocycles. The van der Waals surface area contributed by atoms with Gasteiger partial charge < -0.3 is 61.3 Å². The Kier molecular flexibility index (Phi) is 132. The lowest BCUT2D eigenvalue weighted by Gasteiger charge is -1.97. The van der Waals surface area contributed by atoms with Crippen molar-refractivity contribution in [2.24, 2.45) is 0 Å². The smallest absolute Gasteiger partial charge is 0.0819 e. The van der Waals surface area contributed by atoms with Gasteiger partial charge in [0.1, 0.15) is 0 Å². The molecule has 32 heavy (non-hydrogen) atoms. The maximum Gasteiger partial charge on any atom is 0.0819 e. The fourth-order valence-corrected chi connectivity index (χ4v) is 0.285. The van der Waals surface area contributed by atoms with Gasteiger partial charge in [-0.05, 0) is 12.8 Å². The third-order valence-corrected chi connectivity index (χ3v) is 1.26. The predicted octanol–water partition coefficient (Wildman–Crippen LogP) is -4.42. The van der Waals surface area contributed by atoms with E-state index in [1.165, 1.54) is 0 Å². The van der Waals surface area contributed by atoms with Crippen LogP contribution in [0, 0.1) is 0 Å². The average Bonchev–Trinajstić information content (AvgIpc) is 2.87. The summed E-state index contributed by atoms with van der Waals surface area (Å²) in [7, 11) is 0. The van der Waals surface area contributed by atoms with Crippen molar-refractivity contribution in [2.45, 2.75) is 26.7 Å². The fraction of sp³-hybridized carbons (Fsp3) is 1.00. The number of aliphatic hydroxyl groups is 12. The highest BCUT2D eigenvalue weighted by Crippen LogP contribution is 1.83. The van der Waals surface area contributed by atoms with Crippen LogP contribution in [0.1, 0.15) is 26.7 Å². The van der Waals surface area contributed by atoms with Gasteiger partial charge in [-0.2, -0.15) is 0 Å². The molecule has 0 atom stereocenters. The summed E-state index contributed by atoms with van der Waals surface area (Å²) >= 11 is 0. The number of hydrogen-bond acceptors (Lipinski definition) is 14. The van der Waals surface area contributed by atoms with E-state index in [1.54, 1.807) is 0 Å². The molecule has 0 spiro atoms. The molecule has 0 rings (SSSR count). The molecule has 12 N–H and O–H groups in total. The zero-order valence-corrected chi connectivity index (χ0v) is 19.5. The molecule has 0 unspecified atom stereocenters. The molecule has 206 valence electrons. The van der Waals surface area contributed by atoms with Gasteiger partial charge in [-0.15, -0.1) is 0 Å². The summed E-state index contributed by atoms with van der Waals surface area (Å²) in [5.41, 5.74) is 0. The second-order valence-corrected chi connectivity index (χ2v) is 4.33. The normalized spacial score (nSPS) is 8.06. The molecule has 0 aliphatic heterocycles. The van der Waals surface area contributed by atoms with Gasteiger partial charge in [0, 0.05) is 0 Å². The van der Waals surface area contributed by atoms with Crippen molar-refractivity contribution in [3.05, 3.63) is 0 Å². The molecule has 0 aromatic heterocycles. The third kappa shape index (κ3) is 218. The summed E-state index contributed by atoms with van der Waals surface area (Å²) in [6.45, 7) is 4.02. The van der Waals surface area contributed by atoms with E-state index in [2.05, 4.69) is 13.8 Å². The summed E-state index contributed by atoms with van der Waals surface area (Å²) in [6.07, 6.45) is 2.04. The Morgan fingerprint density at radius 1 is 0.312 bits per heavy atom. The highest BCUT2D eigenvalue weighted by molar-refractivity contribution is 4.18. The molecule has 0 aromatic rings. The van der Waals surface area contributed by atoms with E-state index in [-0.39, 0.29) is 79.3 Å². The molecule has 0 heterocycles.